The number of esters is 1. The number of fused-ring (bicyclic) bond motifs is 1. The second-order valence-electron chi connectivity index (χ2n) is 3.75. The van der Waals surface area contributed by atoms with Gasteiger partial charge in [0, 0.05) is 18.5 Å². The van der Waals surface area contributed by atoms with Crippen LogP contribution in [-0.2, 0) is 11.2 Å². The first-order valence-electron chi connectivity index (χ1n) is 5.76. The maximum absolute atomic E-state index is 11.5. The largest absolute Gasteiger partial charge is 0.462 e. The molecule has 2 aromatic heterocycles. The molecule has 17 heavy (non-hydrogen) atoms. The number of ether oxygens (including phenoxy) is 1. The minimum Gasteiger partial charge on any atom is -0.462 e. The summed E-state index contributed by atoms with van der Waals surface area (Å²) in [4.78, 5) is 15.7. The molecule has 0 aliphatic carbocycles. The molecular formula is C12H15N3O2. The van der Waals surface area contributed by atoms with E-state index in [1.54, 1.807) is 17.6 Å². The monoisotopic (exact) mass is 233 g/mol. The molecular weight excluding hydrogens is 218 g/mol. The van der Waals surface area contributed by atoms with Crippen molar-refractivity contribution < 1.29 is 9.53 Å². The molecule has 0 N–H and O–H groups in total. The number of aryl methyl sites for hydroxylation is 1. The van der Waals surface area contributed by atoms with E-state index in [9.17, 15) is 4.79 Å². The molecule has 0 spiro atoms. The summed E-state index contributed by atoms with van der Waals surface area (Å²) >= 11 is 0. The molecule has 2 aromatic rings. The summed E-state index contributed by atoms with van der Waals surface area (Å²) < 4.78 is 6.53. The van der Waals surface area contributed by atoms with Crippen molar-refractivity contribution in [3.63, 3.8) is 0 Å². The van der Waals surface area contributed by atoms with E-state index < -0.39 is 0 Å². The quantitative estimate of drug-likeness (QED) is 0.756. The molecule has 0 radical (unpaired) electrons. The van der Waals surface area contributed by atoms with Gasteiger partial charge in [0.2, 0.25) is 0 Å². The summed E-state index contributed by atoms with van der Waals surface area (Å²) in [6, 6.07) is 1.93. The second-order valence-corrected chi connectivity index (χ2v) is 3.75. The minimum absolute atomic E-state index is 0.358. The molecule has 0 bridgehead atoms. The Morgan fingerprint density at radius 2 is 2.29 bits per heavy atom. The SMILES string of the molecule is CCCc1cc2ncc(C(=O)OCC)cn2n1. The van der Waals surface area contributed by atoms with Crippen LogP contribution in [0.1, 0.15) is 36.3 Å². The van der Waals surface area contributed by atoms with Gasteiger partial charge in [-0.1, -0.05) is 13.3 Å². The predicted octanol–water partition coefficient (Wildman–Crippen LogP) is 1.86. The Morgan fingerprint density at radius 3 is 3.00 bits per heavy atom. The lowest BCUT2D eigenvalue weighted by Crippen LogP contribution is -2.07. The summed E-state index contributed by atoms with van der Waals surface area (Å²) in [6.07, 6.45) is 5.12. The molecule has 2 rings (SSSR count). The van der Waals surface area contributed by atoms with Crippen LogP contribution in [0.15, 0.2) is 18.5 Å². The van der Waals surface area contributed by atoms with Crippen LogP contribution in [0.3, 0.4) is 0 Å². The van der Waals surface area contributed by atoms with E-state index in [0.29, 0.717) is 12.2 Å². The fourth-order valence-corrected chi connectivity index (χ4v) is 1.62. The molecule has 0 saturated heterocycles. The number of hydrogen-bond acceptors (Lipinski definition) is 4. The van der Waals surface area contributed by atoms with Gasteiger partial charge >= 0.3 is 5.97 Å². The van der Waals surface area contributed by atoms with Crippen LogP contribution in [0.5, 0.6) is 0 Å². The van der Waals surface area contributed by atoms with Gasteiger partial charge < -0.3 is 4.74 Å². The van der Waals surface area contributed by atoms with E-state index in [2.05, 4.69) is 17.0 Å². The Morgan fingerprint density at radius 1 is 1.47 bits per heavy atom. The van der Waals surface area contributed by atoms with Crippen LogP contribution in [0.25, 0.3) is 5.65 Å². The first-order chi connectivity index (χ1) is 8.24. The first kappa shape index (κ1) is 11.6. The molecule has 0 saturated carbocycles. The van der Waals surface area contributed by atoms with Gasteiger partial charge in [-0.25, -0.2) is 14.3 Å². The van der Waals surface area contributed by atoms with Crippen LogP contribution in [0.2, 0.25) is 0 Å². The van der Waals surface area contributed by atoms with E-state index >= 15 is 0 Å². The van der Waals surface area contributed by atoms with Crippen molar-refractivity contribution in [2.75, 3.05) is 6.61 Å². The third-order valence-electron chi connectivity index (χ3n) is 2.38. The maximum atomic E-state index is 11.5. The van der Waals surface area contributed by atoms with Gasteiger partial charge in [-0.15, -0.1) is 0 Å². The average Bonchev–Trinajstić information content (AvgIpc) is 2.71. The summed E-state index contributed by atoms with van der Waals surface area (Å²) in [6.45, 7) is 4.23. The molecule has 0 aliphatic heterocycles. The van der Waals surface area contributed by atoms with Gasteiger partial charge in [-0.2, -0.15) is 5.10 Å². The lowest BCUT2D eigenvalue weighted by atomic mass is 10.2. The highest BCUT2D eigenvalue weighted by Crippen LogP contribution is 2.08. The zero-order valence-corrected chi connectivity index (χ0v) is 10.0. The normalized spacial score (nSPS) is 10.7. The van der Waals surface area contributed by atoms with Crippen LogP contribution in [-0.4, -0.2) is 27.2 Å². The van der Waals surface area contributed by atoms with Gasteiger partial charge in [0.05, 0.1) is 17.9 Å². The lowest BCUT2D eigenvalue weighted by molar-refractivity contribution is 0.0525. The van der Waals surface area contributed by atoms with Gasteiger partial charge in [0.25, 0.3) is 0 Å². The highest BCUT2D eigenvalue weighted by atomic mass is 16.5. The first-order valence-corrected chi connectivity index (χ1v) is 5.76. The standard InChI is InChI=1S/C12H15N3O2/c1-3-5-10-6-11-13-7-9(8-15(11)14-10)12(16)17-4-2/h6-8H,3-5H2,1-2H3. The van der Waals surface area contributed by atoms with Gasteiger partial charge in [0.1, 0.15) is 0 Å². The summed E-state index contributed by atoms with van der Waals surface area (Å²) in [5.74, 6) is -0.366. The molecule has 0 unspecified atom stereocenters. The fourth-order valence-electron chi connectivity index (χ4n) is 1.62. The van der Waals surface area contributed by atoms with Crippen molar-refractivity contribution in [1.82, 2.24) is 14.6 Å². The molecule has 0 atom stereocenters. The second kappa shape index (κ2) is 4.95. The lowest BCUT2D eigenvalue weighted by Gasteiger charge is -2.00. The van der Waals surface area contributed by atoms with Crippen molar-refractivity contribution in [1.29, 1.82) is 0 Å². The third kappa shape index (κ3) is 2.43. The molecule has 0 aliphatic rings. The van der Waals surface area contributed by atoms with Crippen molar-refractivity contribution >= 4 is 11.6 Å². The molecule has 0 amide bonds. The zero-order valence-electron chi connectivity index (χ0n) is 10.0. The number of rotatable bonds is 4. The van der Waals surface area contributed by atoms with E-state index in [1.165, 1.54) is 6.20 Å². The van der Waals surface area contributed by atoms with Crippen molar-refractivity contribution in [3.8, 4) is 0 Å². The Bertz CT molecular complexity index is 534. The average molecular weight is 233 g/mol. The molecule has 90 valence electrons. The third-order valence-corrected chi connectivity index (χ3v) is 2.38. The van der Waals surface area contributed by atoms with Gasteiger partial charge in [0.15, 0.2) is 5.65 Å². The number of carbonyl (C=O) groups excluding carboxylic acids is 1. The molecule has 0 aromatic carbocycles. The number of nitrogens with zero attached hydrogens (tertiary/aromatic N) is 3. The fraction of sp³-hybridized carbons (Fsp3) is 0.417. The molecule has 0 fully saturated rings. The highest BCUT2D eigenvalue weighted by Gasteiger charge is 2.09. The Hall–Kier alpha value is -1.91. The van der Waals surface area contributed by atoms with Crippen molar-refractivity contribution in [2.45, 2.75) is 26.7 Å². The number of hydrogen-bond donors (Lipinski definition) is 0. The van der Waals surface area contributed by atoms with Crippen LogP contribution in [0, 0.1) is 0 Å². The Kier molecular flexibility index (Phi) is 3.37. The molecule has 5 nitrogen and oxygen atoms in total. The zero-order chi connectivity index (χ0) is 12.3. The van der Waals surface area contributed by atoms with Gasteiger partial charge in [-0.05, 0) is 13.3 Å². The van der Waals surface area contributed by atoms with E-state index in [-0.39, 0.29) is 5.97 Å². The molecule has 5 heteroatoms. The van der Waals surface area contributed by atoms with E-state index in [1.807, 2.05) is 6.07 Å². The summed E-state index contributed by atoms with van der Waals surface area (Å²) in [7, 11) is 0. The topological polar surface area (TPSA) is 56.5 Å². The van der Waals surface area contributed by atoms with Crippen molar-refractivity contribution in [3.05, 3.63) is 29.7 Å². The predicted molar refractivity (Wildman–Crippen MR) is 62.9 cm³/mol. The smallest absolute Gasteiger partial charge is 0.341 e. The highest BCUT2D eigenvalue weighted by molar-refractivity contribution is 5.88. The van der Waals surface area contributed by atoms with E-state index in [4.69, 9.17) is 4.74 Å². The maximum Gasteiger partial charge on any atom is 0.341 e. The Balaban J connectivity index is 2.33. The van der Waals surface area contributed by atoms with Crippen LogP contribution in [0.4, 0.5) is 0 Å². The summed E-state index contributed by atoms with van der Waals surface area (Å²) in [5.41, 5.74) is 2.16. The van der Waals surface area contributed by atoms with Gasteiger partial charge in [-0.3, -0.25) is 0 Å². The van der Waals surface area contributed by atoms with Crippen molar-refractivity contribution in [2.24, 2.45) is 0 Å². The summed E-state index contributed by atoms with van der Waals surface area (Å²) in [5, 5.41) is 4.35. The molecule has 2 heterocycles. The number of aromatic nitrogens is 3. The van der Waals surface area contributed by atoms with Crippen LogP contribution < -0.4 is 0 Å². The number of carbonyl (C=O) groups is 1. The minimum atomic E-state index is -0.366. The van der Waals surface area contributed by atoms with Crippen LogP contribution >= 0.6 is 0 Å². The Labute approximate surface area is 99.4 Å². The van der Waals surface area contributed by atoms with E-state index in [0.717, 1.165) is 24.2 Å².